The van der Waals surface area contributed by atoms with E-state index in [0.717, 1.165) is 16.3 Å². The lowest BCUT2D eigenvalue weighted by Gasteiger charge is -2.21. The predicted octanol–water partition coefficient (Wildman–Crippen LogP) is 2.12. The SMILES string of the molecule is Cc1cc(NC(=O)[C@H]2CCCN2S(C)(=O)=O)ccc1Br. The lowest BCUT2D eigenvalue weighted by Crippen LogP contribution is -2.42. The molecule has 1 amide bonds. The average Bonchev–Trinajstić information content (AvgIpc) is 2.83. The van der Waals surface area contributed by atoms with Crippen LogP contribution in [0.4, 0.5) is 5.69 Å². The molecule has 0 unspecified atom stereocenters. The molecular formula is C13H17BrN2O3S. The first-order valence-corrected chi connectivity index (χ1v) is 8.97. The fraction of sp³-hybridized carbons (Fsp3) is 0.462. The van der Waals surface area contributed by atoms with Crippen molar-refractivity contribution < 1.29 is 13.2 Å². The van der Waals surface area contributed by atoms with E-state index in [1.54, 1.807) is 6.07 Å². The third-order valence-corrected chi connectivity index (χ3v) is 5.54. The molecule has 0 saturated carbocycles. The zero-order valence-corrected chi connectivity index (χ0v) is 13.8. The second-order valence-electron chi connectivity index (χ2n) is 4.98. The zero-order chi connectivity index (χ0) is 14.9. The molecule has 0 aliphatic carbocycles. The van der Waals surface area contributed by atoms with Crippen molar-refractivity contribution in [3.63, 3.8) is 0 Å². The van der Waals surface area contributed by atoms with E-state index in [4.69, 9.17) is 0 Å². The number of halogens is 1. The molecule has 1 atom stereocenters. The van der Waals surface area contributed by atoms with Gasteiger partial charge in [0.05, 0.1) is 6.26 Å². The van der Waals surface area contributed by atoms with Crippen LogP contribution >= 0.6 is 15.9 Å². The van der Waals surface area contributed by atoms with E-state index < -0.39 is 16.1 Å². The Morgan fingerprint density at radius 1 is 1.45 bits per heavy atom. The van der Waals surface area contributed by atoms with Gasteiger partial charge in [-0.3, -0.25) is 4.79 Å². The van der Waals surface area contributed by atoms with Crippen molar-refractivity contribution in [1.29, 1.82) is 0 Å². The molecule has 20 heavy (non-hydrogen) atoms. The highest BCUT2D eigenvalue weighted by Gasteiger charge is 2.36. The summed E-state index contributed by atoms with van der Waals surface area (Å²) in [6.45, 7) is 2.34. The van der Waals surface area contributed by atoms with Crippen LogP contribution in [0.15, 0.2) is 22.7 Å². The van der Waals surface area contributed by atoms with Crippen LogP contribution in [0.25, 0.3) is 0 Å². The molecule has 0 aromatic heterocycles. The Hall–Kier alpha value is -0.920. The van der Waals surface area contributed by atoms with E-state index in [1.807, 2.05) is 19.1 Å². The number of sulfonamides is 1. The standard InChI is InChI=1S/C13H17BrN2O3S/c1-9-8-10(5-6-11(9)14)15-13(17)12-4-3-7-16(12)20(2,18)19/h5-6,8,12H,3-4,7H2,1-2H3,(H,15,17)/t12-/m1/s1. The highest BCUT2D eigenvalue weighted by atomic mass is 79.9. The lowest BCUT2D eigenvalue weighted by molar-refractivity contribution is -0.119. The van der Waals surface area contributed by atoms with Crippen molar-refractivity contribution in [1.82, 2.24) is 4.31 Å². The zero-order valence-electron chi connectivity index (χ0n) is 11.4. The molecule has 1 N–H and O–H groups in total. The van der Waals surface area contributed by atoms with Crippen molar-refractivity contribution in [3.05, 3.63) is 28.2 Å². The minimum atomic E-state index is -3.34. The Morgan fingerprint density at radius 2 is 2.15 bits per heavy atom. The van der Waals surface area contributed by atoms with E-state index in [1.165, 1.54) is 4.31 Å². The fourth-order valence-electron chi connectivity index (χ4n) is 2.35. The smallest absolute Gasteiger partial charge is 0.242 e. The summed E-state index contributed by atoms with van der Waals surface area (Å²) in [5.41, 5.74) is 1.69. The average molecular weight is 361 g/mol. The number of hydrogen-bond donors (Lipinski definition) is 1. The molecule has 5 nitrogen and oxygen atoms in total. The van der Waals surface area contributed by atoms with Crippen LogP contribution < -0.4 is 5.32 Å². The second kappa shape index (κ2) is 5.83. The van der Waals surface area contributed by atoms with Gasteiger partial charge in [-0.05, 0) is 43.5 Å². The topological polar surface area (TPSA) is 66.5 Å². The molecule has 1 saturated heterocycles. The van der Waals surface area contributed by atoms with Gasteiger partial charge in [0, 0.05) is 16.7 Å². The van der Waals surface area contributed by atoms with Crippen molar-refractivity contribution in [3.8, 4) is 0 Å². The van der Waals surface area contributed by atoms with E-state index in [-0.39, 0.29) is 5.91 Å². The summed E-state index contributed by atoms with van der Waals surface area (Å²) in [6.07, 6.45) is 2.42. The summed E-state index contributed by atoms with van der Waals surface area (Å²) in [5.74, 6) is -0.269. The van der Waals surface area contributed by atoms with Gasteiger partial charge in [-0.15, -0.1) is 0 Å². The third kappa shape index (κ3) is 3.39. The lowest BCUT2D eigenvalue weighted by atomic mass is 10.2. The number of nitrogens with one attached hydrogen (secondary N) is 1. The summed E-state index contributed by atoms with van der Waals surface area (Å²) in [7, 11) is -3.34. The minimum absolute atomic E-state index is 0.269. The number of aryl methyl sites for hydroxylation is 1. The number of nitrogens with zero attached hydrogens (tertiary/aromatic N) is 1. The van der Waals surface area contributed by atoms with Crippen LogP contribution in [0.3, 0.4) is 0 Å². The Balaban J connectivity index is 2.13. The Morgan fingerprint density at radius 3 is 2.75 bits per heavy atom. The van der Waals surface area contributed by atoms with Gasteiger partial charge in [0.25, 0.3) is 0 Å². The Bertz CT molecular complexity index is 631. The van der Waals surface area contributed by atoms with Crippen LogP contribution in [-0.2, 0) is 14.8 Å². The van der Waals surface area contributed by atoms with E-state index >= 15 is 0 Å². The van der Waals surface area contributed by atoms with Gasteiger partial charge in [0.15, 0.2) is 0 Å². The molecule has 1 heterocycles. The van der Waals surface area contributed by atoms with Crippen molar-refractivity contribution in [2.24, 2.45) is 0 Å². The first-order valence-electron chi connectivity index (χ1n) is 6.33. The van der Waals surface area contributed by atoms with Gasteiger partial charge in [-0.25, -0.2) is 8.42 Å². The summed E-state index contributed by atoms with van der Waals surface area (Å²) in [4.78, 5) is 12.2. The maximum atomic E-state index is 12.2. The molecule has 2 rings (SSSR count). The van der Waals surface area contributed by atoms with Gasteiger partial charge in [0.2, 0.25) is 15.9 Å². The van der Waals surface area contributed by atoms with Crippen LogP contribution in [0.5, 0.6) is 0 Å². The first-order chi connectivity index (χ1) is 9.29. The number of hydrogen-bond acceptors (Lipinski definition) is 3. The number of carbonyl (C=O) groups excluding carboxylic acids is 1. The molecule has 7 heteroatoms. The summed E-state index contributed by atoms with van der Waals surface area (Å²) in [5, 5.41) is 2.79. The van der Waals surface area contributed by atoms with Crippen LogP contribution in [0, 0.1) is 6.92 Å². The van der Waals surface area contributed by atoms with Crippen LogP contribution in [-0.4, -0.2) is 37.5 Å². The van der Waals surface area contributed by atoms with Crippen LogP contribution in [0.2, 0.25) is 0 Å². The quantitative estimate of drug-likeness (QED) is 0.897. The van der Waals surface area contributed by atoms with E-state index in [0.29, 0.717) is 25.1 Å². The predicted molar refractivity (Wildman–Crippen MR) is 82.1 cm³/mol. The van der Waals surface area contributed by atoms with Gasteiger partial charge in [-0.2, -0.15) is 4.31 Å². The van der Waals surface area contributed by atoms with Crippen molar-refractivity contribution in [2.45, 2.75) is 25.8 Å². The third-order valence-electron chi connectivity index (χ3n) is 3.36. The molecule has 1 fully saturated rings. The van der Waals surface area contributed by atoms with Gasteiger partial charge < -0.3 is 5.32 Å². The number of benzene rings is 1. The minimum Gasteiger partial charge on any atom is -0.325 e. The maximum Gasteiger partial charge on any atom is 0.242 e. The van der Waals surface area contributed by atoms with Crippen LogP contribution in [0.1, 0.15) is 18.4 Å². The monoisotopic (exact) mass is 360 g/mol. The van der Waals surface area contributed by atoms with E-state index in [2.05, 4.69) is 21.2 Å². The number of amides is 1. The molecule has 0 spiro atoms. The fourth-order valence-corrected chi connectivity index (χ4v) is 3.72. The maximum absolute atomic E-state index is 12.2. The molecular weight excluding hydrogens is 344 g/mol. The number of rotatable bonds is 3. The van der Waals surface area contributed by atoms with Crippen molar-refractivity contribution >= 4 is 37.5 Å². The number of carbonyl (C=O) groups is 1. The molecule has 1 aliphatic rings. The van der Waals surface area contributed by atoms with Crippen molar-refractivity contribution in [2.75, 3.05) is 18.1 Å². The molecule has 1 aromatic rings. The largest absolute Gasteiger partial charge is 0.325 e. The summed E-state index contributed by atoms with van der Waals surface area (Å²) >= 11 is 3.40. The number of anilines is 1. The normalized spacial score (nSPS) is 20.1. The van der Waals surface area contributed by atoms with Gasteiger partial charge in [0.1, 0.15) is 6.04 Å². The second-order valence-corrected chi connectivity index (χ2v) is 7.77. The van der Waals surface area contributed by atoms with Gasteiger partial charge >= 0.3 is 0 Å². The molecule has 0 radical (unpaired) electrons. The Kier molecular flexibility index (Phi) is 4.51. The highest BCUT2D eigenvalue weighted by Crippen LogP contribution is 2.24. The molecule has 1 aromatic carbocycles. The first kappa shape index (κ1) is 15.5. The summed E-state index contributed by atoms with van der Waals surface area (Å²) in [6, 6.07) is 4.89. The summed E-state index contributed by atoms with van der Waals surface area (Å²) < 4.78 is 25.5. The van der Waals surface area contributed by atoms with Gasteiger partial charge in [-0.1, -0.05) is 15.9 Å². The Labute approximate surface area is 127 Å². The highest BCUT2D eigenvalue weighted by molar-refractivity contribution is 9.10. The molecule has 110 valence electrons. The molecule has 1 aliphatic heterocycles. The molecule has 0 bridgehead atoms. The van der Waals surface area contributed by atoms with E-state index in [9.17, 15) is 13.2 Å².